The number of nitrogens with zero attached hydrogens (tertiary/aromatic N) is 1. The van der Waals surface area contributed by atoms with Crippen LogP contribution in [0.4, 0.5) is 0 Å². The van der Waals surface area contributed by atoms with E-state index in [-0.39, 0.29) is 17.4 Å². The number of carbonyl (C=O) groups is 2. The minimum absolute atomic E-state index is 0.0353. The van der Waals surface area contributed by atoms with Crippen molar-refractivity contribution in [1.29, 1.82) is 0 Å². The maximum absolute atomic E-state index is 12.3. The Labute approximate surface area is 110 Å². The van der Waals surface area contributed by atoms with Crippen LogP contribution >= 0.6 is 0 Å². The Morgan fingerprint density at radius 2 is 2.21 bits per heavy atom. The second-order valence-electron chi connectivity index (χ2n) is 4.45. The number of benzene rings is 1. The predicted molar refractivity (Wildman–Crippen MR) is 67.9 cm³/mol. The molecule has 0 aromatic heterocycles. The summed E-state index contributed by atoms with van der Waals surface area (Å²) in [7, 11) is 1.41. The number of phenolic OH excluding ortho intramolecular Hbond substituents is 1. The van der Waals surface area contributed by atoms with Crippen LogP contribution < -0.4 is 10.5 Å². The van der Waals surface area contributed by atoms with Crippen LogP contribution in [0.5, 0.6) is 11.5 Å². The van der Waals surface area contributed by atoms with Crippen molar-refractivity contribution in [3.63, 3.8) is 0 Å². The molecular formula is C13H16N2O4. The molecule has 102 valence electrons. The van der Waals surface area contributed by atoms with Crippen LogP contribution in [-0.2, 0) is 4.79 Å². The van der Waals surface area contributed by atoms with Gasteiger partial charge in [-0.05, 0) is 31.0 Å². The summed E-state index contributed by atoms with van der Waals surface area (Å²) in [5.41, 5.74) is 5.65. The highest BCUT2D eigenvalue weighted by Gasteiger charge is 2.33. The molecule has 2 amide bonds. The van der Waals surface area contributed by atoms with Crippen molar-refractivity contribution in [2.24, 2.45) is 5.73 Å². The predicted octanol–water partition coefficient (Wildman–Crippen LogP) is 0.491. The van der Waals surface area contributed by atoms with Crippen molar-refractivity contribution in [2.45, 2.75) is 18.9 Å². The fraction of sp³-hybridized carbons (Fsp3) is 0.385. The molecule has 3 N–H and O–H groups in total. The molecule has 0 saturated carbocycles. The topological polar surface area (TPSA) is 92.9 Å². The fourth-order valence-corrected chi connectivity index (χ4v) is 2.28. The van der Waals surface area contributed by atoms with Gasteiger partial charge in [0.25, 0.3) is 5.91 Å². The summed E-state index contributed by atoms with van der Waals surface area (Å²) >= 11 is 0. The van der Waals surface area contributed by atoms with Gasteiger partial charge in [-0.25, -0.2) is 0 Å². The Morgan fingerprint density at radius 3 is 2.84 bits per heavy atom. The molecule has 1 aromatic carbocycles. The van der Waals surface area contributed by atoms with Crippen LogP contribution in [0.3, 0.4) is 0 Å². The van der Waals surface area contributed by atoms with Crippen molar-refractivity contribution >= 4 is 11.8 Å². The van der Waals surface area contributed by atoms with Crippen molar-refractivity contribution in [3.05, 3.63) is 23.8 Å². The SMILES string of the molecule is COc1cc(C(=O)N2CCCC2C(N)=O)ccc1O. The third-order valence-electron chi connectivity index (χ3n) is 3.27. The van der Waals surface area contributed by atoms with E-state index in [1.54, 1.807) is 0 Å². The standard InChI is InChI=1S/C13H16N2O4/c1-19-11-7-8(4-5-10(11)16)13(18)15-6-2-3-9(15)12(14)17/h4-5,7,9,16H,2-3,6H2,1H3,(H2,14,17). The van der Waals surface area contributed by atoms with Crippen molar-refractivity contribution in [3.8, 4) is 11.5 Å². The lowest BCUT2D eigenvalue weighted by atomic mass is 10.1. The summed E-state index contributed by atoms with van der Waals surface area (Å²) in [6.45, 7) is 0.510. The average molecular weight is 264 g/mol. The molecule has 0 spiro atoms. The van der Waals surface area contributed by atoms with E-state index in [0.29, 0.717) is 18.5 Å². The van der Waals surface area contributed by atoms with Gasteiger partial charge >= 0.3 is 0 Å². The minimum atomic E-state index is -0.549. The largest absolute Gasteiger partial charge is 0.504 e. The van der Waals surface area contributed by atoms with Crippen LogP contribution in [0.25, 0.3) is 0 Å². The van der Waals surface area contributed by atoms with Gasteiger partial charge in [0.15, 0.2) is 11.5 Å². The molecule has 1 aliphatic rings. The first-order chi connectivity index (χ1) is 9.04. The van der Waals surface area contributed by atoms with E-state index in [1.165, 1.54) is 30.2 Å². The molecule has 19 heavy (non-hydrogen) atoms. The number of phenols is 1. The Hall–Kier alpha value is -2.24. The number of hydrogen-bond donors (Lipinski definition) is 2. The number of ether oxygens (including phenoxy) is 1. The number of likely N-dealkylation sites (tertiary alicyclic amines) is 1. The number of rotatable bonds is 3. The first kappa shape index (κ1) is 13.2. The van der Waals surface area contributed by atoms with Crippen molar-refractivity contribution < 1.29 is 19.4 Å². The second kappa shape index (κ2) is 5.17. The lowest BCUT2D eigenvalue weighted by molar-refractivity contribution is -0.121. The van der Waals surface area contributed by atoms with Crippen LogP contribution in [0.15, 0.2) is 18.2 Å². The second-order valence-corrected chi connectivity index (χ2v) is 4.45. The summed E-state index contributed by atoms with van der Waals surface area (Å²) in [5.74, 6) is -0.580. The zero-order valence-corrected chi connectivity index (χ0v) is 10.6. The molecule has 6 heteroatoms. The van der Waals surface area contributed by atoms with Crippen LogP contribution in [0.2, 0.25) is 0 Å². The summed E-state index contributed by atoms with van der Waals surface area (Å²) < 4.78 is 4.96. The molecule has 1 fully saturated rings. The number of primary amides is 1. The van der Waals surface area contributed by atoms with Gasteiger partial charge < -0.3 is 20.5 Å². The number of methoxy groups -OCH3 is 1. The Bertz CT molecular complexity index is 515. The van der Waals surface area contributed by atoms with Gasteiger partial charge in [0, 0.05) is 12.1 Å². The normalized spacial score (nSPS) is 18.4. The zero-order chi connectivity index (χ0) is 14.0. The first-order valence-corrected chi connectivity index (χ1v) is 6.02. The molecule has 1 heterocycles. The molecule has 6 nitrogen and oxygen atoms in total. The Morgan fingerprint density at radius 1 is 1.47 bits per heavy atom. The van der Waals surface area contributed by atoms with E-state index in [4.69, 9.17) is 10.5 Å². The monoisotopic (exact) mass is 264 g/mol. The molecule has 1 atom stereocenters. The molecule has 1 aromatic rings. The summed E-state index contributed by atoms with van der Waals surface area (Å²) in [6.07, 6.45) is 1.35. The van der Waals surface area contributed by atoms with E-state index in [0.717, 1.165) is 6.42 Å². The number of hydrogen-bond acceptors (Lipinski definition) is 4. The molecule has 0 radical (unpaired) electrons. The lowest BCUT2D eigenvalue weighted by Crippen LogP contribution is -2.43. The fourth-order valence-electron chi connectivity index (χ4n) is 2.28. The van der Waals surface area contributed by atoms with E-state index >= 15 is 0 Å². The van der Waals surface area contributed by atoms with Gasteiger partial charge in [-0.15, -0.1) is 0 Å². The van der Waals surface area contributed by atoms with Gasteiger partial charge in [-0.2, -0.15) is 0 Å². The van der Waals surface area contributed by atoms with Gasteiger partial charge in [0.1, 0.15) is 6.04 Å². The Kier molecular flexibility index (Phi) is 3.59. The maximum atomic E-state index is 12.3. The third-order valence-corrected chi connectivity index (χ3v) is 3.27. The quantitative estimate of drug-likeness (QED) is 0.831. The van der Waals surface area contributed by atoms with Crippen molar-refractivity contribution in [1.82, 2.24) is 4.90 Å². The number of nitrogens with two attached hydrogens (primary N) is 1. The van der Waals surface area contributed by atoms with Gasteiger partial charge in [0.2, 0.25) is 5.91 Å². The maximum Gasteiger partial charge on any atom is 0.254 e. The van der Waals surface area contributed by atoms with Crippen LogP contribution in [0, 0.1) is 0 Å². The zero-order valence-electron chi connectivity index (χ0n) is 10.6. The van der Waals surface area contributed by atoms with Gasteiger partial charge in [-0.3, -0.25) is 9.59 Å². The molecule has 1 saturated heterocycles. The smallest absolute Gasteiger partial charge is 0.254 e. The molecule has 2 rings (SSSR count). The van der Waals surface area contributed by atoms with Gasteiger partial charge in [0.05, 0.1) is 7.11 Å². The summed E-state index contributed by atoms with van der Waals surface area (Å²) in [6, 6.07) is 3.79. The highest BCUT2D eigenvalue weighted by Crippen LogP contribution is 2.28. The average Bonchev–Trinajstić information content (AvgIpc) is 2.87. The highest BCUT2D eigenvalue weighted by atomic mass is 16.5. The number of aromatic hydroxyl groups is 1. The van der Waals surface area contributed by atoms with Crippen LogP contribution in [-0.4, -0.2) is 41.5 Å². The lowest BCUT2D eigenvalue weighted by Gasteiger charge is -2.22. The van der Waals surface area contributed by atoms with Crippen molar-refractivity contribution in [2.75, 3.05) is 13.7 Å². The Balaban J connectivity index is 2.26. The molecule has 0 aliphatic carbocycles. The number of amides is 2. The molecular weight excluding hydrogens is 248 g/mol. The van der Waals surface area contributed by atoms with E-state index in [2.05, 4.69) is 0 Å². The molecule has 0 bridgehead atoms. The summed E-state index contributed by atoms with van der Waals surface area (Å²) in [4.78, 5) is 25.1. The van der Waals surface area contributed by atoms with E-state index in [1.807, 2.05) is 0 Å². The van der Waals surface area contributed by atoms with E-state index < -0.39 is 11.9 Å². The van der Waals surface area contributed by atoms with E-state index in [9.17, 15) is 14.7 Å². The van der Waals surface area contributed by atoms with Gasteiger partial charge in [-0.1, -0.05) is 0 Å². The summed E-state index contributed by atoms with van der Waals surface area (Å²) in [5, 5.41) is 9.50. The van der Waals surface area contributed by atoms with Crippen LogP contribution in [0.1, 0.15) is 23.2 Å². The first-order valence-electron chi connectivity index (χ1n) is 6.02. The minimum Gasteiger partial charge on any atom is -0.504 e. The molecule has 1 aliphatic heterocycles. The highest BCUT2D eigenvalue weighted by molar-refractivity contribution is 5.98. The molecule has 1 unspecified atom stereocenters. The third kappa shape index (κ3) is 2.47. The number of carbonyl (C=O) groups excluding carboxylic acids is 2.